The normalized spacial score (nSPS) is 14.5. The molecule has 1 N–H and O–H groups in total. The van der Waals surface area contributed by atoms with Crippen LogP contribution in [0.4, 0.5) is 5.69 Å². The van der Waals surface area contributed by atoms with E-state index in [-0.39, 0.29) is 10.8 Å². The van der Waals surface area contributed by atoms with Crippen molar-refractivity contribution in [3.8, 4) is 5.75 Å². The first-order valence-corrected chi connectivity index (χ1v) is 13.8. The average Bonchev–Trinajstić information content (AvgIpc) is 2.88. The summed E-state index contributed by atoms with van der Waals surface area (Å²) in [7, 11) is -3.48. The van der Waals surface area contributed by atoms with Gasteiger partial charge in [-0.3, -0.25) is 4.79 Å². The zero-order valence-corrected chi connectivity index (χ0v) is 20.5. The molecule has 0 bridgehead atoms. The summed E-state index contributed by atoms with van der Waals surface area (Å²) in [5, 5.41) is 2.81. The topological polar surface area (TPSA) is 75.7 Å². The van der Waals surface area contributed by atoms with Crippen LogP contribution in [-0.4, -0.2) is 44.1 Å². The van der Waals surface area contributed by atoms with E-state index in [0.717, 1.165) is 25.0 Å². The Hall–Kier alpha value is -2.81. The first kappa shape index (κ1) is 24.3. The highest BCUT2D eigenvalue weighted by atomic mass is 32.2. The van der Waals surface area contributed by atoms with Crippen molar-refractivity contribution in [2.75, 3.05) is 30.8 Å². The Morgan fingerprint density at radius 1 is 0.882 bits per heavy atom. The lowest BCUT2D eigenvalue weighted by molar-refractivity contribution is 0.102. The van der Waals surface area contributed by atoms with Crippen LogP contribution >= 0.6 is 11.8 Å². The molecular formula is C26H28N2O4S2. The van der Waals surface area contributed by atoms with Gasteiger partial charge in [-0.1, -0.05) is 24.6 Å². The van der Waals surface area contributed by atoms with E-state index in [0.29, 0.717) is 36.7 Å². The predicted molar refractivity (Wildman–Crippen MR) is 136 cm³/mol. The Balaban J connectivity index is 1.27. The number of benzene rings is 3. The zero-order valence-electron chi connectivity index (χ0n) is 18.9. The van der Waals surface area contributed by atoms with Gasteiger partial charge in [-0.25, -0.2) is 8.42 Å². The number of carbonyl (C=O) groups excluding carboxylic acids is 1. The van der Waals surface area contributed by atoms with Gasteiger partial charge in [0.05, 0.1) is 11.5 Å². The molecule has 1 saturated heterocycles. The van der Waals surface area contributed by atoms with Gasteiger partial charge in [0.15, 0.2) is 0 Å². The molecule has 0 saturated carbocycles. The minimum atomic E-state index is -3.48. The molecule has 3 aromatic rings. The third-order valence-corrected chi connectivity index (χ3v) is 8.43. The Morgan fingerprint density at radius 2 is 1.56 bits per heavy atom. The third-order valence-electron chi connectivity index (χ3n) is 5.55. The average molecular weight is 497 g/mol. The van der Waals surface area contributed by atoms with Gasteiger partial charge in [-0.15, -0.1) is 11.8 Å². The van der Waals surface area contributed by atoms with Gasteiger partial charge in [0.2, 0.25) is 10.0 Å². The van der Waals surface area contributed by atoms with Gasteiger partial charge in [0.1, 0.15) is 5.75 Å². The molecule has 6 nitrogen and oxygen atoms in total. The van der Waals surface area contributed by atoms with Crippen molar-refractivity contribution in [2.45, 2.75) is 29.1 Å². The first-order valence-electron chi connectivity index (χ1n) is 11.3. The molecule has 0 aliphatic carbocycles. The molecule has 0 aromatic heterocycles. The van der Waals surface area contributed by atoms with E-state index in [1.165, 1.54) is 9.20 Å². The van der Waals surface area contributed by atoms with Gasteiger partial charge in [-0.2, -0.15) is 4.31 Å². The van der Waals surface area contributed by atoms with Gasteiger partial charge in [0.25, 0.3) is 5.91 Å². The lowest BCUT2D eigenvalue weighted by Gasteiger charge is -2.25. The second kappa shape index (κ2) is 11.6. The monoisotopic (exact) mass is 496 g/mol. The number of nitrogens with zero attached hydrogens (tertiary/aromatic N) is 1. The Morgan fingerprint density at radius 3 is 2.24 bits per heavy atom. The predicted octanol–water partition coefficient (Wildman–Crippen LogP) is 5.28. The summed E-state index contributed by atoms with van der Waals surface area (Å²) in [6.07, 6.45) is 2.85. The van der Waals surface area contributed by atoms with Crippen LogP contribution in [-0.2, 0) is 10.0 Å². The molecule has 1 heterocycles. The number of nitrogens with one attached hydrogen (secondary N) is 1. The molecule has 4 rings (SSSR count). The SMILES string of the molecule is O=C(Nc1ccc(S(=O)(=O)N2CCCCC2)cc1)c1ccc(OCCSc2ccccc2)cc1. The molecule has 8 heteroatoms. The molecule has 1 aliphatic heterocycles. The van der Waals surface area contributed by atoms with Crippen molar-refractivity contribution in [3.63, 3.8) is 0 Å². The highest BCUT2D eigenvalue weighted by Crippen LogP contribution is 2.23. The summed E-state index contributed by atoms with van der Waals surface area (Å²) in [4.78, 5) is 14.0. The number of amides is 1. The van der Waals surface area contributed by atoms with Crippen LogP contribution in [0.15, 0.2) is 88.7 Å². The molecule has 178 valence electrons. The molecule has 0 atom stereocenters. The van der Waals surface area contributed by atoms with E-state index in [2.05, 4.69) is 17.4 Å². The molecule has 3 aromatic carbocycles. The first-order chi connectivity index (χ1) is 16.5. The largest absolute Gasteiger partial charge is 0.493 e. The minimum absolute atomic E-state index is 0.249. The molecule has 0 unspecified atom stereocenters. The number of carbonyl (C=O) groups is 1. The van der Waals surface area contributed by atoms with Crippen LogP contribution in [0.5, 0.6) is 5.75 Å². The molecule has 0 radical (unpaired) electrons. The van der Waals surface area contributed by atoms with Gasteiger partial charge >= 0.3 is 0 Å². The van der Waals surface area contributed by atoms with E-state index in [1.807, 2.05) is 18.2 Å². The number of hydrogen-bond donors (Lipinski definition) is 1. The quantitative estimate of drug-likeness (QED) is 0.322. The summed E-state index contributed by atoms with van der Waals surface area (Å²) in [5.41, 5.74) is 1.04. The van der Waals surface area contributed by atoms with E-state index in [4.69, 9.17) is 4.74 Å². The lowest BCUT2D eigenvalue weighted by atomic mass is 10.2. The molecule has 1 fully saturated rings. The van der Waals surface area contributed by atoms with Crippen LogP contribution in [0.1, 0.15) is 29.6 Å². The van der Waals surface area contributed by atoms with E-state index >= 15 is 0 Å². The highest BCUT2D eigenvalue weighted by molar-refractivity contribution is 7.99. The van der Waals surface area contributed by atoms with Crippen LogP contribution in [0.2, 0.25) is 0 Å². The summed E-state index contributed by atoms with van der Waals surface area (Å²) in [6, 6.07) is 23.5. The van der Waals surface area contributed by atoms with Crippen LogP contribution in [0.25, 0.3) is 0 Å². The maximum Gasteiger partial charge on any atom is 0.255 e. The molecule has 34 heavy (non-hydrogen) atoms. The van der Waals surface area contributed by atoms with E-state index in [9.17, 15) is 13.2 Å². The van der Waals surface area contributed by atoms with Crippen molar-refractivity contribution in [1.82, 2.24) is 4.31 Å². The fraction of sp³-hybridized carbons (Fsp3) is 0.269. The maximum atomic E-state index is 12.8. The van der Waals surface area contributed by atoms with E-state index < -0.39 is 10.0 Å². The van der Waals surface area contributed by atoms with Crippen LogP contribution in [0.3, 0.4) is 0 Å². The van der Waals surface area contributed by atoms with Crippen LogP contribution < -0.4 is 10.1 Å². The second-order valence-corrected chi connectivity index (χ2v) is 11.1. The molecule has 1 aliphatic rings. The Labute approximate surface area is 205 Å². The Kier molecular flexibility index (Phi) is 8.26. The smallest absolute Gasteiger partial charge is 0.255 e. The molecular weight excluding hydrogens is 468 g/mol. The van der Waals surface area contributed by atoms with E-state index in [1.54, 1.807) is 60.3 Å². The second-order valence-electron chi connectivity index (χ2n) is 7.98. The fourth-order valence-electron chi connectivity index (χ4n) is 3.71. The standard InChI is InChI=1S/C26H28N2O4S2/c29-26(21-9-13-23(14-10-21)32-19-20-33-24-7-3-1-4-8-24)27-22-11-15-25(16-12-22)34(30,31)28-17-5-2-6-18-28/h1,3-4,7-16H,2,5-6,17-20H2,(H,27,29). The number of sulfonamides is 1. The van der Waals surface area contributed by atoms with Gasteiger partial charge in [-0.05, 0) is 73.5 Å². The summed E-state index contributed by atoms with van der Waals surface area (Å²) in [5.74, 6) is 1.27. The van der Waals surface area contributed by atoms with Crippen molar-refractivity contribution in [2.24, 2.45) is 0 Å². The van der Waals surface area contributed by atoms with Crippen molar-refractivity contribution >= 4 is 33.4 Å². The summed E-state index contributed by atoms with van der Waals surface area (Å²) in [6.45, 7) is 1.69. The third kappa shape index (κ3) is 6.40. The van der Waals surface area contributed by atoms with Gasteiger partial charge < -0.3 is 10.1 Å². The van der Waals surface area contributed by atoms with Crippen molar-refractivity contribution < 1.29 is 17.9 Å². The lowest BCUT2D eigenvalue weighted by Crippen LogP contribution is -2.35. The molecule has 1 amide bonds. The molecule has 0 spiro atoms. The number of ether oxygens (including phenoxy) is 1. The minimum Gasteiger partial charge on any atom is -0.493 e. The number of thioether (sulfide) groups is 1. The number of piperidine rings is 1. The zero-order chi connectivity index (χ0) is 23.8. The van der Waals surface area contributed by atoms with Crippen molar-refractivity contribution in [1.29, 1.82) is 0 Å². The number of hydrogen-bond acceptors (Lipinski definition) is 5. The summed E-state index contributed by atoms with van der Waals surface area (Å²) < 4.78 is 32.8. The highest BCUT2D eigenvalue weighted by Gasteiger charge is 2.25. The van der Waals surface area contributed by atoms with Crippen LogP contribution in [0, 0.1) is 0 Å². The van der Waals surface area contributed by atoms with Gasteiger partial charge in [0, 0.05) is 35.0 Å². The Bertz CT molecular complexity index is 1180. The number of rotatable bonds is 9. The summed E-state index contributed by atoms with van der Waals surface area (Å²) >= 11 is 1.73. The number of anilines is 1. The fourth-order valence-corrected chi connectivity index (χ4v) is 5.98. The van der Waals surface area contributed by atoms with Crippen molar-refractivity contribution in [3.05, 3.63) is 84.4 Å². The maximum absolute atomic E-state index is 12.8.